The molecule has 0 unspecified atom stereocenters. The number of nitrogens with zero attached hydrogens (tertiary/aromatic N) is 3. The second-order valence-electron chi connectivity index (χ2n) is 5.65. The van der Waals surface area contributed by atoms with Crippen molar-refractivity contribution in [1.29, 1.82) is 0 Å². The van der Waals surface area contributed by atoms with Gasteiger partial charge in [0.15, 0.2) is 11.5 Å². The molecule has 1 heterocycles. The molecule has 0 aliphatic carbocycles. The lowest BCUT2D eigenvalue weighted by molar-refractivity contribution is -0.384. The molecule has 0 radical (unpaired) electrons. The van der Waals surface area contributed by atoms with Crippen molar-refractivity contribution in [2.24, 2.45) is 5.10 Å². The number of ether oxygens (including phenoxy) is 1. The molecule has 2 aromatic carbocycles. The fraction of sp³-hybridized carbons (Fsp3) is 0.111. The number of phenolic OH excluding ortho intramolecular Hbond substituents is 2. The number of carbonyl (C=O) groups excluding carboxylic acids is 1. The van der Waals surface area contributed by atoms with E-state index in [4.69, 9.17) is 4.74 Å². The van der Waals surface area contributed by atoms with Crippen LogP contribution in [-0.4, -0.2) is 33.5 Å². The van der Waals surface area contributed by atoms with Crippen LogP contribution in [0.4, 0.5) is 11.4 Å². The molecule has 1 amide bonds. The van der Waals surface area contributed by atoms with Crippen molar-refractivity contribution in [1.82, 2.24) is 0 Å². The predicted molar refractivity (Wildman–Crippen MR) is 105 cm³/mol. The Balaban J connectivity index is 2.01. The highest BCUT2D eigenvalue weighted by atomic mass is 79.9. The summed E-state index contributed by atoms with van der Waals surface area (Å²) >= 11 is 3.26. The molecule has 0 aromatic heterocycles. The van der Waals surface area contributed by atoms with Crippen LogP contribution < -0.4 is 5.01 Å². The van der Waals surface area contributed by atoms with E-state index in [-0.39, 0.29) is 35.3 Å². The summed E-state index contributed by atoms with van der Waals surface area (Å²) in [6.07, 6.45) is 1.46. The average Bonchev–Trinajstić information content (AvgIpc) is 2.96. The van der Waals surface area contributed by atoms with Crippen LogP contribution in [0, 0.1) is 10.1 Å². The number of hydrogen-bond acceptors (Lipinski definition) is 7. The molecule has 9 nitrogen and oxygen atoms in total. The number of hydrogen-bond donors (Lipinski definition) is 2. The van der Waals surface area contributed by atoms with Crippen molar-refractivity contribution in [3.63, 3.8) is 0 Å². The van der Waals surface area contributed by atoms with Gasteiger partial charge in [0, 0.05) is 16.6 Å². The van der Waals surface area contributed by atoms with Gasteiger partial charge in [0.1, 0.15) is 5.57 Å². The first-order chi connectivity index (χ1) is 13.3. The van der Waals surface area contributed by atoms with Crippen LogP contribution >= 0.6 is 15.9 Å². The molecule has 0 saturated carbocycles. The predicted octanol–water partition coefficient (Wildman–Crippen LogP) is 3.55. The Morgan fingerprint density at radius 1 is 1.25 bits per heavy atom. The molecule has 0 atom stereocenters. The highest BCUT2D eigenvalue weighted by Gasteiger charge is 2.33. The zero-order valence-electron chi connectivity index (χ0n) is 14.5. The molecule has 1 aliphatic rings. The summed E-state index contributed by atoms with van der Waals surface area (Å²) in [7, 11) is 0. The first-order valence-electron chi connectivity index (χ1n) is 8.05. The van der Waals surface area contributed by atoms with Crippen LogP contribution in [0.25, 0.3) is 6.08 Å². The third kappa shape index (κ3) is 3.67. The smallest absolute Gasteiger partial charge is 0.284 e. The third-order valence-electron chi connectivity index (χ3n) is 3.82. The number of amides is 1. The van der Waals surface area contributed by atoms with Gasteiger partial charge in [-0.25, -0.2) is 0 Å². The molecule has 2 N–H and O–H groups in total. The van der Waals surface area contributed by atoms with Crippen molar-refractivity contribution in [3.05, 3.63) is 62.1 Å². The number of nitro groups is 1. The number of benzene rings is 2. The molecule has 0 spiro atoms. The largest absolute Gasteiger partial charge is 0.504 e. The van der Waals surface area contributed by atoms with E-state index in [1.165, 1.54) is 42.5 Å². The fourth-order valence-electron chi connectivity index (χ4n) is 2.49. The summed E-state index contributed by atoms with van der Waals surface area (Å²) in [4.78, 5) is 23.1. The number of aromatic hydroxyl groups is 2. The Bertz CT molecular complexity index is 1020. The van der Waals surface area contributed by atoms with Crippen molar-refractivity contribution in [3.8, 4) is 11.5 Å². The Hall–Kier alpha value is -3.40. The van der Waals surface area contributed by atoms with E-state index < -0.39 is 10.8 Å². The fourth-order valence-corrected chi connectivity index (χ4v) is 2.93. The minimum absolute atomic E-state index is 0.0744. The lowest BCUT2D eigenvalue weighted by Gasteiger charge is -2.10. The standard InChI is InChI=1S/C18H14BrN3O6/c1-2-28-17-13(7-10-8-15(23)16(24)9-14(10)19)18(25)21(20-17)11-3-5-12(6-4-11)22(26)27/h3-9,23-24H,2H2,1H3/b13-7+. The maximum atomic E-state index is 12.9. The van der Waals surface area contributed by atoms with Gasteiger partial charge in [-0.05, 0) is 42.8 Å². The summed E-state index contributed by atoms with van der Waals surface area (Å²) < 4.78 is 5.90. The second kappa shape index (κ2) is 7.69. The van der Waals surface area contributed by atoms with Gasteiger partial charge in [0.05, 0.1) is 17.2 Å². The van der Waals surface area contributed by atoms with Crippen LogP contribution in [0.15, 0.2) is 51.5 Å². The number of nitro benzene ring substituents is 1. The third-order valence-corrected chi connectivity index (χ3v) is 4.51. The van der Waals surface area contributed by atoms with E-state index in [1.54, 1.807) is 6.92 Å². The molecule has 144 valence electrons. The summed E-state index contributed by atoms with van der Waals surface area (Å²) in [5.41, 5.74) is 0.787. The van der Waals surface area contributed by atoms with Crippen molar-refractivity contribution in [2.45, 2.75) is 6.92 Å². The van der Waals surface area contributed by atoms with Crippen molar-refractivity contribution >= 4 is 45.2 Å². The van der Waals surface area contributed by atoms with Crippen LogP contribution in [0.5, 0.6) is 11.5 Å². The second-order valence-corrected chi connectivity index (χ2v) is 6.50. The summed E-state index contributed by atoms with van der Waals surface area (Å²) in [5, 5.41) is 35.3. The molecule has 3 rings (SSSR count). The van der Waals surface area contributed by atoms with Gasteiger partial charge in [-0.15, -0.1) is 5.10 Å². The minimum atomic E-state index is -0.537. The van der Waals surface area contributed by atoms with E-state index >= 15 is 0 Å². The maximum absolute atomic E-state index is 12.9. The zero-order chi connectivity index (χ0) is 20.4. The van der Waals surface area contributed by atoms with Crippen LogP contribution in [0.2, 0.25) is 0 Å². The molecule has 0 fully saturated rings. The zero-order valence-corrected chi connectivity index (χ0v) is 16.1. The number of anilines is 1. The monoisotopic (exact) mass is 447 g/mol. The summed E-state index contributed by atoms with van der Waals surface area (Å²) in [6, 6.07) is 7.96. The minimum Gasteiger partial charge on any atom is -0.504 e. The van der Waals surface area contributed by atoms with Crippen molar-refractivity contribution in [2.75, 3.05) is 11.6 Å². The average molecular weight is 448 g/mol. The molecule has 1 aliphatic heterocycles. The van der Waals surface area contributed by atoms with E-state index in [0.717, 1.165) is 5.01 Å². The molecule has 28 heavy (non-hydrogen) atoms. The van der Waals surface area contributed by atoms with Gasteiger partial charge in [0.2, 0.25) is 5.90 Å². The normalized spacial score (nSPS) is 15.1. The first-order valence-corrected chi connectivity index (χ1v) is 8.85. The van der Waals surface area contributed by atoms with Gasteiger partial charge in [0.25, 0.3) is 11.6 Å². The number of phenols is 2. The summed E-state index contributed by atoms with van der Waals surface area (Å²) in [5.74, 6) is -1.08. The van der Waals surface area contributed by atoms with Gasteiger partial charge in [-0.3, -0.25) is 14.9 Å². The molecular weight excluding hydrogens is 434 g/mol. The molecular formula is C18H14BrN3O6. The van der Waals surface area contributed by atoms with Gasteiger partial charge >= 0.3 is 0 Å². The highest BCUT2D eigenvalue weighted by Crippen LogP contribution is 2.34. The lowest BCUT2D eigenvalue weighted by atomic mass is 10.1. The highest BCUT2D eigenvalue weighted by molar-refractivity contribution is 9.10. The molecule has 0 saturated heterocycles. The Morgan fingerprint density at radius 2 is 1.89 bits per heavy atom. The van der Waals surface area contributed by atoms with Crippen LogP contribution in [0.3, 0.4) is 0 Å². The van der Waals surface area contributed by atoms with E-state index in [0.29, 0.717) is 15.7 Å². The lowest BCUT2D eigenvalue weighted by Crippen LogP contribution is -2.21. The maximum Gasteiger partial charge on any atom is 0.284 e. The van der Waals surface area contributed by atoms with Gasteiger partial charge in [-0.2, -0.15) is 5.01 Å². The SMILES string of the molecule is CCOC1=NN(c2ccc([N+](=O)[O-])cc2)C(=O)/C1=C/c1cc(O)c(O)cc1Br. The van der Waals surface area contributed by atoms with E-state index in [9.17, 15) is 25.1 Å². The molecule has 10 heteroatoms. The Kier molecular flexibility index (Phi) is 5.32. The van der Waals surface area contributed by atoms with E-state index in [2.05, 4.69) is 21.0 Å². The number of halogens is 1. The van der Waals surface area contributed by atoms with E-state index in [1.807, 2.05) is 0 Å². The molecule has 0 bridgehead atoms. The number of carbonyl (C=O) groups is 1. The number of non-ortho nitro benzene ring substituents is 1. The number of rotatable bonds is 4. The first kappa shape index (κ1) is 19.4. The van der Waals surface area contributed by atoms with Crippen LogP contribution in [-0.2, 0) is 9.53 Å². The molecule has 2 aromatic rings. The Labute approximate surface area is 167 Å². The topological polar surface area (TPSA) is 126 Å². The number of hydrazone groups is 1. The van der Waals surface area contributed by atoms with Gasteiger partial charge in [-0.1, -0.05) is 15.9 Å². The van der Waals surface area contributed by atoms with Crippen molar-refractivity contribution < 1.29 is 24.7 Å². The summed E-state index contributed by atoms with van der Waals surface area (Å²) in [6.45, 7) is 2.00. The quantitative estimate of drug-likeness (QED) is 0.319. The Morgan fingerprint density at radius 3 is 2.50 bits per heavy atom. The van der Waals surface area contributed by atoms with Crippen LogP contribution in [0.1, 0.15) is 12.5 Å². The van der Waals surface area contributed by atoms with Gasteiger partial charge < -0.3 is 14.9 Å².